The monoisotopic (exact) mass is 462 g/mol. The van der Waals surface area contributed by atoms with Crippen LogP contribution in [0, 0.1) is 0 Å². The van der Waals surface area contributed by atoms with Gasteiger partial charge in [-0.3, -0.25) is 4.79 Å². The summed E-state index contributed by atoms with van der Waals surface area (Å²) in [7, 11) is 1.59. The Bertz CT molecular complexity index is 1150. The summed E-state index contributed by atoms with van der Waals surface area (Å²) in [6, 6.07) is 10.9. The Morgan fingerprint density at radius 3 is 2.56 bits per heavy atom. The Kier molecular flexibility index (Phi) is 5.51. The minimum Gasteiger partial charge on any atom is -0.497 e. The topological polar surface area (TPSA) is 113 Å². The number of benzene rings is 2. The number of carbonyl (C=O) groups is 1. The van der Waals surface area contributed by atoms with E-state index in [1.165, 1.54) is 34.4 Å². The zero-order valence-electron chi connectivity index (χ0n) is 17.2. The molecule has 1 aliphatic rings. The fourth-order valence-electron chi connectivity index (χ4n) is 3.22. The van der Waals surface area contributed by atoms with Crippen molar-refractivity contribution in [3.05, 3.63) is 52.9 Å². The van der Waals surface area contributed by atoms with Gasteiger partial charge >= 0.3 is 6.29 Å². The number of nitrogens with zero attached hydrogens (tertiary/aromatic N) is 2. The van der Waals surface area contributed by atoms with Crippen molar-refractivity contribution in [3.63, 3.8) is 0 Å². The molecule has 2 aromatic carbocycles. The van der Waals surface area contributed by atoms with Gasteiger partial charge in [0.1, 0.15) is 17.6 Å². The number of rotatable bonds is 7. The Hall–Kier alpha value is -3.60. The predicted octanol–water partition coefficient (Wildman–Crippen LogP) is 3.66. The number of halogens is 2. The minimum atomic E-state index is -3.75. The molecule has 0 radical (unpaired) electrons. The van der Waals surface area contributed by atoms with Gasteiger partial charge in [0.25, 0.3) is 0 Å². The number of carbonyl (C=O) groups excluding carboxylic acids is 1. The number of methoxy groups -OCH3 is 1. The maximum atomic E-state index is 13.4. The molecule has 4 rings (SSSR count). The van der Waals surface area contributed by atoms with Crippen molar-refractivity contribution in [1.82, 2.24) is 4.98 Å². The third-order valence-electron chi connectivity index (χ3n) is 4.91. The van der Waals surface area contributed by atoms with E-state index in [4.69, 9.17) is 16.2 Å². The summed E-state index contributed by atoms with van der Waals surface area (Å²) < 4.78 is 41.0. The van der Waals surface area contributed by atoms with Crippen molar-refractivity contribution in [1.29, 1.82) is 0 Å². The van der Waals surface area contributed by atoms with E-state index < -0.39 is 18.2 Å². The van der Waals surface area contributed by atoms with E-state index in [1.54, 1.807) is 14.0 Å². The lowest BCUT2D eigenvalue weighted by molar-refractivity contribution is -0.286. The number of hydrogen-bond donors (Lipinski definition) is 2. The predicted molar refractivity (Wildman–Crippen MR) is 116 cm³/mol. The number of nitrogens with two attached hydrogens (primary N) is 2. The number of fused-ring (bicyclic) bond motifs is 1. The number of aromatic nitrogens is 1. The van der Waals surface area contributed by atoms with Crippen molar-refractivity contribution in [2.75, 3.05) is 17.7 Å². The van der Waals surface area contributed by atoms with E-state index in [-0.39, 0.29) is 11.5 Å². The minimum absolute atomic E-state index is 0.107. The van der Waals surface area contributed by atoms with Crippen LogP contribution in [0.2, 0.25) is 0 Å². The number of primary amides is 1. The molecule has 0 saturated heterocycles. The summed E-state index contributed by atoms with van der Waals surface area (Å²) in [5.41, 5.74) is 13.1. The highest BCUT2D eigenvalue weighted by atomic mass is 32.1. The van der Waals surface area contributed by atoms with Gasteiger partial charge in [-0.2, -0.15) is 0 Å². The molecule has 1 aromatic heterocycles. The van der Waals surface area contributed by atoms with Gasteiger partial charge in [-0.25, -0.2) is 4.98 Å². The molecule has 0 saturated carbocycles. The van der Waals surface area contributed by atoms with Gasteiger partial charge in [0.15, 0.2) is 16.6 Å². The van der Waals surface area contributed by atoms with E-state index in [0.717, 1.165) is 16.2 Å². The molecule has 1 unspecified atom stereocenters. The molecule has 4 N–H and O–H groups in total. The number of thiazole rings is 1. The summed E-state index contributed by atoms with van der Waals surface area (Å²) in [6.45, 7) is 1.59. The van der Waals surface area contributed by atoms with Crippen molar-refractivity contribution in [2.24, 2.45) is 5.73 Å². The van der Waals surface area contributed by atoms with Crippen molar-refractivity contribution in [3.8, 4) is 17.2 Å². The zero-order chi connectivity index (χ0) is 23.0. The van der Waals surface area contributed by atoms with Crippen LogP contribution in [0.25, 0.3) is 0 Å². The Labute approximate surface area is 186 Å². The van der Waals surface area contributed by atoms with Gasteiger partial charge in [-0.05, 0) is 36.8 Å². The van der Waals surface area contributed by atoms with Crippen LogP contribution in [0.15, 0.2) is 42.5 Å². The van der Waals surface area contributed by atoms with Crippen molar-refractivity contribution < 1.29 is 27.8 Å². The molecular weight excluding hydrogens is 442 g/mol. The molecule has 8 nitrogen and oxygen atoms in total. The molecule has 11 heteroatoms. The fourth-order valence-corrected chi connectivity index (χ4v) is 4.34. The van der Waals surface area contributed by atoms with Crippen LogP contribution >= 0.6 is 11.3 Å². The highest BCUT2D eigenvalue weighted by Gasteiger charge is 2.43. The lowest BCUT2D eigenvalue weighted by atomic mass is 10.1. The van der Waals surface area contributed by atoms with E-state index >= 15 is 0 Å². The molecule has 3 aromatic rings. The highest BCUT2D eigenvalue weighted by Crippen LogP contribution is 2.45. The molecule has 0 bridgehead atoms. The van der Waals surface area contributed by atoms with Gasteiger partial charge in [0.2, 0.25) is 5.91 Å². The SMILES string of the molecule is COc1ccc(Cc2sc(N(c3ccc4c(c3)OC(F)(F)O4)C(C)C(N)=O)nc2N)cc1. The zero-order valence-corrected chi connectivity index (χ0v) is 18.0. The number of ether oxygens (including phenoxy) is 3. The Morgan fingerprint density at radius 2 is 1.91 bits per heavy atom. The number of nitrogen functional groups attached to an aromatic ring is 1. The smallest absolute Gasteiger partial charge is 0.497 e. The molecule has 32 heavy (non-hydrogen) atoms. The largest absolute Gasteiger partial charge is 0.586 e. The van der Waals surface area contributed by atoms with Crippen molar-refractivity contribution >= 4 is 33.9 Å². The first-order valence-electron chi connectivity index (χ1n) is 9.53. The number of amides is 1. The van der Waals surface area contributed by atoms with Crippen LogP contribution in [0.5, 0.6) is 17.2 Å². The third-order valence-corrected chi connectivity index (χ3v) is 5.98. The molecule has 1 aliphatic heterocycles. The Morgan fingerprint density at radius 1 is 1.22 bits per heavy atom. The molecule has 0 fully saturated rings. The second-order valence-corrected chi connectivity index (χ2v) is 8.14. The summed E-state index contributed by atoms with van der Waals surface area (Å²) in [5, 5.41) is 0.392. The van der Waals surface area contributed by atoms with Crippen LogP contribution in [0.3, 0.4) is 0 Å². The lowest BCUT2D eigenvalue weighted by Gasteiger charge is -2.26. The highest BCUT2D eigenvalue weighted by molar-refractivity contribution is 7.16. The second-order valence-electron chi connectivity index (χ2n) is 7.08. The van der Waals surface area contributed by atoms with Gasteiger partial charge in [-0.1, -0.05) is 23.5 Å². The summed E-state index contributed by atoms with van der Waals surface area (Å²) in [4.78, 5) is 18.7. The first-order valence-corrected chi connectivity index (χ1v) is 10.3. The maximum absolute atomic E-state index is 13.4. The van der Waals surface area contributed by atoms with Crippen LogP contribution < -0.4 is 30.6 Å². The van der Waals surface area contributed by atoms with E-state index in [1.807, 2.05) is 24.3 Å². The number of alkyl halides is 2. The molecule has 0 spiro atoms. The van der Waals surface area contributed by atoms with Gasteiger partial charge in [-0.15, -0.1) is 8.78 Å². The van der Waals surface area contributed by atoms with E-state index in [2.05, 4.69) is 14.5 Å². The molecule has 168 valence electrons. The fraction of sp³-hybridized carbons (Fsp3) is 0.238. The molecule has 2 heterocycles. The van der Waals surface area contributed by atoms with E-state index in [0.29, 0.717) is 23.1 Å². The Balaban J connectivity index is 1.67. The van der Waals surface area contributed by atoms with Crippen LogP contribution in [-0.2, 0) is 11.2 Å². The maximum Gasteiger partial charge on any atom is 0.586 e. The first kappa shape index (κ1) is 21.6. The van der Waals surface area contributed by atoms with Gasteiger partial charge in [0, 0.05) is 18.2 Å². The van der Waals surface area contributed by atoms with Crippen LogP contribution in [0.1, 0.15) is 17.4 Å². The second kappa shape index (κ2) is 8.15. The standard InChI is InChI=1S/C21H20F2N4O4S/c1-11(19(25)28)27(13-5-8-15-16(10-13)31-21(22,23)30-15)20-26-18(24)17(32-20)9-12-3-6-14(29-2)7-4-12/h3-8,10-11H,9,24H2,1-2H3,(H2,25,28). The number of anilines is 3. The lowest BCUT2D eigenvalue weighted by Crippen LogP contribution is -2.39. The van der Waals surface area contributed by atoms with E-state index in [9.17, 15) is 13.6 Å². The average molecular weight is 462 g/mol. The molecule has 1 atom stereocenters. The van der Waals surface area contributed by atoms with Crippen molar-refractivity contribution in [2.45, 2.75) is 25.7 Å². The molecule has 1 amide bonds. The normalized spacial score (nSPS) is 14.8. The summed E-state index contributed by atoms with van der Waals surface area (Å²) >= 11 is 1.28. The van der Waals surface area contributed by atoms with Crippen LogP contribution in [0.4, 0.5) is 25.4 Å². The van der Waals surface area contributed by atoms with Gasteiger partial charge in [0.05, 0.1) is 12.0 Å². The third kappa shape index (κ3) is 4.24. The quantitative estimate of drug-likeness (QED) is 0.551. The average Bonchev–Trinajstić information content (AvgIpc) is 3.25. The number of hydrogen-bond acceptors (Lipinski definition) is 8. The van der Waals surface area contributed by atoms with Gasteiger partial charge < -0.3 is 30.6 Å². The first-order chi connectivity index (χ1) is 15.2. The van der Waals surface area contributed by atoms with Crippen LogP contribution in [-0.4, -0.2) is 30.3 Å². The summed E-state index contributed by atoms with van der Waals surface area (Å²) in [5.74, 6) is 0.149. The molecular formula is C21H20F2N4O4S. The molecule has 0 aliphatic carbocycles. The summed E-state index contributed by atoms with van der Waals surface area (Å²) in [6.07, 6.45) is -3.24.